The number of nitrogens with zero attached hydrogens (tertiary/aromatic N) is 1. The van der Waals surface area contributed by atoms with Gasteiger partial charge in [0.2, 0.25) is 0 Å². The average Bonchev–Trinajstić information content (AvgIpc) is 2.51. The second-order valence-electron chi connectivity index (χ2n) is 2.70. The molecule has 0 saturated heterocycles. The Morgan fingerprint density at radius 2 is 2.25 bits per heavy atom. The molecular formula is C10H14N2. The highest BCUT2D eigenvalue weighted by atomic mass is 15.1. The van der Waals surface area contributed by atoms with Crippen LogP contribution in [0.1, 0.15) is 20.8 Å². The topological polar surface area (TPSA) is 28.7 Å². The Labute approximate surface area is 72.3 Å². The summed E-state index contributed by atoms with van der Waals surface area (Å²) in [6, 6.07) is 0. The molecule has 1 aromatic rings. The van der Waals surface area contributed by atoms with Crippen molar-refractivity contribution in [2.45, 2.75) is 20.8 Å². The molecule has 0 fully saturated rings. The summed E-state index contributed by atoms with van der Waals surface area (Å²) in [7, 11) is 0. The number of hydrogen-bond acceptors (Lipinski definition) is 1. The highest BCUT2D eigenvalue weighted by Crippen LogP contribution is 1.90. The average molecular weight is 162 g/mol. The summed E-state index contributed by atoms with van der Waals surface area (Å²) < 4.78 is 0. The van der Waals surface area contributed by atoms with E-state index in [9.17, 15) is 0 Å². The highest BCUT2D eigenvalue weighted by molar-refractivity contribution is 5.44. The van der Waals surface area contributed by atoms with Crippen molar-refractivity contribution >= 4 is 12.2 Å². The Kier molecular flexibility index (Phi) is 2.86. The largest absolute Gasteiger partial charge is 0.278 e. The molecule has 1 heterocycles. The van der Waals surface area contributed by atoms with Crippen LogP contribution >= 0.6 is 0 Å². The van der Waals surface area contributed by atoms with Crippen molar-refractivity contribution in [3.8, 4) is 0 Å². The van der Waals surface area contributed by atoms with Gasteiger partial charge in [-0.25, -0.2) is 0 Å². The number of hydrogen-bond donors (Lipinski definition) is 1. The molecule has 0 bridgehead atoms. The highest BCUT2D eigenvalue weighted by Gasteiger charge is 1.85. The molecule has 0 saturated carbocycles. The van der Waals surface area contributed by atoms with E-state index in [1.807, 2.05) is 26.1 Å². The summed E-state index contributed by atoms with van der Waals surface area (Å²) >= 11 is 0. The van der Waals surface area contributed by atoms with Gasteiger partial charge in [-0.2, -0.15) is 5.10 Å². The van der Waals surface area contributed by atoms with E-state index >= 15 is 0 Å². The number of rotatable bonds is 1. The smallest absolute Gasteiger partial charge is 0.0607 e. The monoisotopic (exact) mass is 162 g/mol. The lowest BCUT2D eigenvalue weighted by Crippen LogP contribution is -2.21. The van der Waals surface area contributed by atoms with Crippen LogP contribution in [-0.4, -0.2) is 10.2 Å². The van der Waals surface area contributed by atoms with Crippen LogP contribution in [0.5, 0.6) is 0 Å². The van der Waals surface area contributed by atoms with Gasteiger partial charge in [-0.15, -0.1) is 0 Å². The number of H-pyrrole nitrogens is 1. The third-order valence-corrected chi connectivity index (χ3v) is 1.83. The fraction of sp³-hybridized carbons (Fsp3) is 0.300. The maximum Gasteiger partial charge on any atom is 0.0607 e. The van der Waals surface area contributed by atoms with Crippen LogP contribution in [0.3, 0.4) is 0 Å². The maximum absolute atomic E-state index is 3.97. The molecule has 0 unspecified atom stereocenters. The van der Waals surface area contributed by atoms with E-state index in [-0.39, 0.29) is 0 Å². The third kappa shape index (κ3) is 1.84. The van der Waals surface area contributed by atoms with E-state index in [0.29, 0.717) is 0 Å². The van der Waals surface area contributed by atoms with Crippen molar-refractivity contribution in [1.29, 1.82) is 0 Å². The van der Waals surface area contributed by atoms with Crippen LogP contribution in [0.25, 0.3) is 12.2 Å². The molecule has 0 radical (unpaired) electrons. The van der Waals surface area contributed by atoms with Gasteiger partial charge in [0.1, 0.15) is 0 Å². The van der Waals surface area contributed by atoms with Gasteiger partial charge in [0.25, 0.3) is 0 Å². The van der Waals surface area contributed by atoms with Gasteiger partial charge in [0, 0.05) is 5.22 Å². The first-order valence-electron chi connectivity index (χ1n) is 4.08. The van der Waals surface area contributed by atoms with Gasteiger partial charge in [0.15, 0.2) is 0 Å². The Hall–Kier alpha value is -1.31. The Morgan fingerprint density at radius 3 is 2.83 bits per heavy atom. The van der Waals surface area contributed by atoms with Crippen molar-refractivity contribution in [2.75, 3.05) is 0 Å². The first-order valence-corrected chi connectivity index (χ1v) is 4.08. The zero-order valence-corrected chi connectivity index (χ0v) is 7.76. The van der Waals surface area contributed by atoms with E-state index in [2.05, 4.69) is 29.3 Å². The molecular weight excluding hydrogens is 148 g/mol. The lowest BCUT2D eigenvalue weighted by Gasteiger charge is -1.84. The predicted molar refractivity (Wildman–Crippen MR) is 51.9 cm³/mol. The molecule has 0 aliphatic heterocycles. The number of nitrogens with one attached hydrogen (secondary N) is 1. The van der Waals surface area contributed by atoms with Crippen molar-refractivity contribution in [2.24, 2.45) is 0 Å². The Balaban J connectivity index is 3.28. The molecule has 0 aliphatic carbocycles. The van der Waals surface area contributed by atoms with Crippen LogP contribution in [0.15, 0.2) is 17.8 Å². The molecule has 0 aliphatic rings. The second-order valence-corrected chi connectivity index (χ2v) is 2.70. The molecule has 12 heavy (non-hydrogen) atoms. The zero-order valence-electron chi connectivity index (χ0n) is 7.76. The molecule has 1 rings (SSSR count). The SMILES string of the molecule is C\C=C(C)/C=c1/cn[nH]/c1=C\C. The van der Waals surface area contributed by atoms with Gasteiger partial charge in [-0.3, -0.25) is 5.10 Å². The third-order valence-electron chi connectivity index (χ3n) is 1.83. The van der Waals surface area contributed by atoms with Crippen molar-refractivity contribution in [3.63, 3.8) is 0 Å². The summed E-state index contributed by atoms with van der Waals surface area (Å²) in [5.74, 6) is 0. The number of allylic oxidation sites excluding steroid dienone is 2. The number of aromatic nitrogens is 2. The summed E-state index contributed by atoms with van der Waals surface area (Å²) in [6.07, 6.45) is 8.04. The lowest BCUT2D eigenvalue weighted by atomic mass is 10.2. The minimum atomic E-state index is 1.08. The van der Waals surface area contributed by atoms with Crippen LogP contribution in [-0.2, 0) is 0 Å². The molecule has 0 spiro atoms. The number of aromatic amines is 1. The van der Waals surface area contributed by atoms with Crippen molar-refractivity contribution in [3.05, 3.63) is 28.4 Å². The van der Waals surface area contributed by atoms with E-state index in [0.717, 1.165) is 10.6 Å². The summed E-state index contributed by atoms with van der Waals surface area (Å²) in [5.41, 5.74) is 1.25. The molecule has 2 heteroatoms. The second kappa shape index (κ2) is 3.90. The van der Waals surface area contributed by atoms with E-state index in [4.69, 9.17) is 0 Å². The van der Waals surface area contributed by atoms with Crippen LogP contribution in [0.4, 0.5) is 0 Å². The standard InChI is InChI=1S/C10H14N2/c1-4-8(3)6-9-7-11-12-10(9)5-2/h4-7,12H,1-3H3/b8-4-,9-6-,10-5-. The quantitative estimate of drug-likeness (QED) is 0.654. The van der Waals surface area contributed by atoms with Crippen LogP contribution < -0.4 is 10.6 Å². The van der Waals surface area contributed by atoms with E-state index in [1.165, 1.54) is 5.57 Å². The molecule has 0 amide bonds. The van der Waals surface area contributed by atoms with E-state index < -0.39 is 0 Å². The Morgan fingerprint density at radius 1 is 1.50 bits per heavy atom. The van der Waals surface area contributed by atoms with Crippen molar-refractivity contribution in [1.82, 2.24) is 10.2 Å². The van der Waals surface area contributed by atoms with E-state index in [1.54, 1.807) is 0 Å². The molecule has 1 aromatic heterocycles. The lowest BCUT2D eigenvalue weighted by molar-refractivity contribution is 1.06. The maximum atomic E-state index is 3.97. The van der Waals surface area contributed by atoms with Crippen LogP contribution in [0, 0.1) is 0 Å². The predicted octanol–water partition coefficient (Wildman–Crippen LogP) is 0.957. The summed E-state index contributed by atoms with van der Waals surface area (Å²) in [4.78, 5) is 0. The molecule has 2 nitrogen and oxygen atoms in total. The van der Waals surface area contributed by atoms with Gasteiger partial charge >= 0.3 is 0 Å². The molecule has 0 aromatic carbocycles. The fourth-order valence-corrected chi connectivity index (χ4v) is 0.980. The first kappa shape index (κ1) is 8.78. The van der Waals surface area contributed by atoms with Crippen LogP contribution in [0.2, 0.25) is 0 Å². The van der Waals surface area contributed by atoms with Crippen molar-refractivity contribution < 1.29 is 0 Å². The van der Waals surface area contributed by atoms with Gasteiger partial charge < -0.3 is 0 Å². The minimum absolute atomic E-state index is 1.08. The summed E-state index contributed by atoms with van der Waals surface area (Å²) in [6.45, 7) is 6.10. The zero-order chi connectivity index (χ0) is 8.97. The first-order chi connectivity index (χ1) is 5.77. The molecule has 64 valence electrons. The normalized spacial score (nSPS) is 15.8. The fourth-order valence-electron chi connectivity index (χ4n) is 0.980. The van der Waals surface area contributed by atoms with Gasteiger partial charge in [0.05, 0.1) is 11.5 Å². The van der Waals surface area contributed by atoms with Gasteiger partial charge in [-0.1, -0.05) is 17.7 Å². The summed E-state index contributed by atoms with van der Waals surface area (Å²) in [5, 5.41) is 9.11. The Bertz CT molecular complexity index is 382. The van der Waals surface area contributed by atoms with Gasteiger partial charge in [-0.05, 0) is 26.8 Å². The molecule has 1 N–H and O–H groups in total. The minimum Gasteiger partial charge on any atom is -0.278 e. The molecule has 0 atom stereocenters.